The number of rotatable bonds is 3. The SMILES string of the molecule is COCCNC(=O)N1CCOC1=O. The molecule has 6 nitrogen and oxygen atoms in total. The number of imide groups is 1. The van der Waals surface area contributed by atoms with Crippen molar-refractivity contribution in [2.75, 3.05) is 33.4 Å². The number of carbonyl (C=O) groups excluding carboxylic acids is 2. The summed E-state index contributed by atoms with van der Waals surface area (Å²) in [4.78, 5) is 23.1. The largest absolute Gasteiger partial charge is 0.447 e. The molecule has 6 heteroatoms. The van der Waals surface area contributed by atoms with Gasteiger partial charge in [0.25, 0.3) is 0 Å². The maximum atomic E-state index is 11.2. The molecular formula is C7H12N2O4. The normalized spacial score (nSPS) is 15.8. The highest BCUT2D eigenvalue weighted by Crippen LogP contribution is 2.02. The molecule has 1 aliphatic rings. The molecule has 0 unspecified atom stereocenters. The fourth-order valence-corrected chi connectivity index (χ4v) is 0.933. The number of hydrogen-bond acceptors (Lipinski definition) is 4. The number of nitrogens with zero attached hydrogens (tertiary/aromatic N) is 1. The third-order valence-electron chi connectivity index (χ3n) is 1.59. The monoisotopic (exact) mass is 188 g/mol. The molecule has 0 atom stereocenters. The molecule has 1 rings (SSSR count). The second kappa shape index (κ2) is 4.66. The van der Waals surface area contributed by atoms with Crippen molar-refractivity contribution in [1.82, 2.24) is 10.2 Å². The second-order valence-corrected chi connectivity index (χ2v) is 2.49. The molecule has 3 amide bonds. The van der Waals surface area contributed by atoms with E-state index in [9.17, 15) is 9.59 Å². The summed E-state index contributed by atoms with van der Waals surface area (Å²) in [5.74, 6) is 0. The quantitative estimate of drug-likeness (QED) is 0.622. The number of methoxy groups -OCH3 is 1. The van der Waals surface area contributed by atoms with Crippen LogP contribution in [-0.2, 0) is 9.47 Å². The Morgan fingerprint density at radius 3 is 3.08 bits per heavy atom. The zero-order chi connectivity index (χ0) is 9.68. The van der Waals surface area contributed by atoms with Gasteiger partial charge in [0.1, 0.15) is 6.61 Å². The first kappa shape index (κ1) is 9.79. The van der Waals surface area contributed by atoms with Crippen molar-refractivity contribution in [3.8, 4) is 0 Å². The van der Waals surface area contributed by atoms with Crippen molar-refractivity contribution in [3.63, 3.8) is 0 Å². The van der Waals surface area contributed by atoms with Gasteiger partial charge in [-0.2, -0.15) is 0 Å². The fraction of sp³-hybridized carbons (Fsp3) is 0.714. The summed E-state index contributed by atoms with van der Waals surface area (Å²) in [5.41, 5.74) is 0. The van der Waals surface area contributed by atoms with E-state index >= 15 is 0 Å². The third kappa shape index (κ3) is 2.59. The molecule has 0 aromatic carbocycles. The van der Waals surface area contributed by atoms with Gasteiger partial charge in [-0.3, -0.25) is 0 Å². The number of urea groups is 1. The van der Waals surface area contributed by atoms with Crippen molar-refractivity contribution in [2.24, 2.45) is 0 Å². The first-order valence-corrected chi connectivity index (χ1v) is 3.96. The Kier molecular flexibility index (Phi) is 3.51. The van der Waals surface area contributed by atoms with Crippen LogP contribution in [0.5, 0.6) is 0 Å². The van der Waals surface area contributed by atoms with Crippen LogP contribution in [0.1, 0.15) is 0 Å². The predicted molar refractivity (Wildman–Crippen MR) is 43.3 cm³/mol. The average Bonchev–Trinajstić information content (AvgIpc) is 2.52. The van der Waals surface area contributed by atoms with Gasteiger partial charge < -0.3 is 14.8 Å². The number of nitrogens with one attached hydrogen (secondary N) is 1. The lowest BCUT2D eigenvalue weighted by Gasteiger charge is -2.11. The van der Waals surface area contributed by atoms with Gasteiger partial charge in [-0.15, -0.1) is 0 Å². The van der Waals surface area contributed by atoms with Crippen molar-refractivity contribution < 1.29 is 19.1 Å². The molecule has 0 spiro atoms. The molecular weight excluding hydrogens is 176 g/mol. The Morgan fingerprint density at radius 1 is 1.77 bits per heavy atom. The molecule has 0 radical (unpaired) electrons. The van der Waals surface area contributed by atoms with Gasteiger partial charge in [0.2, 0.25) is 0 Å². The lowest BCUT2D eigenvalue weighted by molar-refractivity contribution is 0.156. The van der Waals surface area contributed by atoms with Crippen LogP contribution in [0.15, 0.2) is 0 Å². The van der Waals surface area contributed by atoms with Gasteiger partial charge in [0.05, 0.1) is 13.2 Å². The van der Waals surface area contributed by atoms with E-state index in [1.807, 2.05) is 0 Å². The summed E-state index contributed by atoms with van der Waals surface area (Å²) in [6.07, 6.45) is -0.588. The lowest BCUT2D eigenvalue weighted by Crippen LogP contribution is -2.41. The molecule has 0 bridgehead atoms. The second-order valence-electron chi connectivity index (χ2n) is 2.49. The smallest absolute Gasteiger partial charge is 0.418 e. The summed E-state index contributed by atoms with van der Waals surface area (Å²) in [7, 11) is 1.54. The third-order valence-corrected chi connectivity index (χ3v) is 1.59. The van der Waals surface area contributed by atoms with Crippen molar-refractivity contribution in [1.29, 1.82) is 0 Å². The van der Waals surface area contributed by atoms with E-state index in [1.165, 1.54) is 7.11 Å². The molecule has 0 saturated carbocycles. The molecule has 0 aliphatic carbocycles. The molecule has 13 heavy (non-hydrogen) atoms. The molecule has 0 aromatic heterocycles. The zero-order valence-corrected chi connectivity index (χ0v) is 7.41. The van der Waals surface area contributed by atoms with Gasteiger partial charge in [0.15, 0.2) is 0 Å². The minimum absolute atomic E-state index is 0.274. The van der Waals surface area contributed by atoms with Gasteiger partial charge in [-0.25, -0.2) is 14.5 Å². The van der Waals surface area contributed by atoms with Crippen LogP contribution in [0.25, 0.3) is 0 Å². The number of carbonyl (C=O) groups is 2. The summed E-state index contributed by atoms with van der Waals surface area (Å²) in [5, 5.41) is 2.52. The first-order chi connectivity index (χ1) is 6.25. The van der Waals surface area contributed by atoms with Crippen LogP contribution in [-0.4, -0.2) is 50.4 Å². The van der Waals surface area contributed by atoms with Gasteiger partial charge in [-0.05, 0) is 0 Å². The van der Waals surface area contributed by atoms with Crippen LogP contribution in [0.2, 0.25) is 0 Å². The predicted octanol–water partition coefficient (Wildman–Crippen LogP) is -0.205. The molecule has 1 saturated heterocycles. The summed E-state index contributed by atoms with van der Waals surface area (Å²) in [6, 6.07) is -0.431. The molecule has 1 fully saturated rings. The highest BCUT2D eigenvalue weighted by molar-refractivity contribution is 5.91. The van der Waals surface area contributed by atoms with Gasteiger partial charge in [0, 0.05) is 13.7 Å². The van der Waals surface area contributed by atoms with E-state index < -0.39 is 12.1 Å². The van der Waals surface area contributed by atoms with Crippen molar-refractivity contribution >= 4 is 12.1 Å². The van der Waals surface area contributed by atoms with E-state index in [0.29, 0.717) is 19.7 Å². The number of cyclic esters (lactones) is 1. The highest BCUT2D eigenvalue weighted by atomic mass is 16.6. The Balaban J connectivity index is 2.26. The number of ether oxygens (including phenoxy) is 2. The fourth-order valence-electron chi connectivity index (χ4n) is 0.933. The summed E-state index contributed by atoms with van der Waals surface area (Å²) >= 11 is 0. The van der Waals surface area contributed by atoms with E-state index in [-0.39, 0.29) is 6.61 Å². The molecule has 1 N–H and O–H groups in total. The minimum atomic E-state index is -0.588. The van der Waals surface area contributed by atoms with Crippen LogP contribution < -0.4 is 5.32 Å². The van der Waals surface area contributed by atoms with E-state index in [2.05, 4.69) is 10.1 Å². The molecule has 1 aliphatic heterocycles. The van der Waals surface area contributed by atoms with Crippen LogP contribution in [0, 0.1) is 0 Å². The van der Waals surface area contributed by atoms with E-state index in [4.69, 9.17) is 4.74 Å². The van der Waals surface area contributed by atoms with Crippen molar-refractivity contribution in [2.45, 2.75) is 0 Å². The summed E-state index contributed by atoms with van der Waals surface area (Å²) < 4.78 is 9.32. The number of hydrogen-bond donors (Lipinski definition) is 1. The zero-order valence-electron chi connectivity index (χ0n) is 7.41. The topological polar surface area (TPSA) is 67.9 Å². The van der Waals surface area contributed by atoms with Crippen LogP contribution >= 0.6 is 0 Å². The minimum Gasteiger partial charge on any atom is -0.447 e. The Bertz CT molecular complexity index is 207. The van der Waals surface area contributed by atoms with Gasteiger partial charge >= 0.3 is 12.1 Å². The maximum Gasteiger partial charge on any atom is 0.418 e. The van der Waals surface area contributed by atoms with Crippen LogP contribution in [0.4, 0.5) is 9.59 Å². The molecule has 0 aromatic rings. The maximum absolute atomic E-state index is 11.2. The summed E-state index contributed by atoms with van der Waals surface area (Å²) in [6.45, 7) is 1.40. The Morgan fingerprint density at radius 2 is 2.54 bits per heavy atom. The van der Waals surface area contributed by atoms with E-state index in [0.717, 1.165) is 4.90 Å². The molecule has 74 valence electrons. The van der Waals surface area contributed by atoms with Crippen molar-refractivity contribution in [3.05, 3.63) is 0 Å². The van der Waals surface area contributed by atoms with Gasteiger partial charge in [-0.1, -0.05) is 0 Å². The molecule has 1 heterocycles. The standard InChI is InChI=1S/C7H12N2O4/c1-12-4-2-8-6(10)9-3-5-13-7(9)11/h2-5H2,1H3,(H,8,10). The Hall–Kier alpha value is -1.30. The average molecular weight is 188 g/mol. The van der Waals surface area contributed by atoms with E-state index in [1.54, 1.807) is 0 Å². The lowest BCUT2D eigenvalue weighted by atomic mass is 10.6. The highest BCUT2D eigenvalue weighted by Gasteiger charge is 2.27. The Labute approximate surface area is 75.8 Å². The first-order valence-electron chi connectivity index (χ1n) is 3.96. The number of amides is 3. The van der Waals surface area contributed by atoms with Crippen LogP contribution in [0.3, 0.4) is 0 Å².